The molecular formula is C22H20N4O. The minimum absolute atomic E-state index is 0.0102. The van der Waals surface area contributed by atoms with Crippen molar-refractivity contribution in [3.05, 3.63) is 94.0 Å². The van der Waals surface area contributed by atoms with E-state index in [0.717, 1.165) is 24.2 Å². The van der Waals surface area contributed by atoms with Crippen molar-refractivity contribution in [3.8, 4) is 5.82 Å². The second-order valence-electron chi connectivity index (χ2n) is 7.05. The largest absolute Gasteiger partial charge is 0.311 e. The van der Waals surface area contributed by atoms with Crippen molar-refractivity contribution in [1.29, 1.82) is 0 Å². The molecule has 0 amide bonds. The summed E-state index contributed by atoms with van der Waals surface area (Å²) in [6.45, 7) is 1.48. The maximum Gasteiger partial charge on any atom is 0.276 e. The Morgan fingerprint density at radius 3 is 2.74 bits per heavy atom. The van der Waals surface area contributed by atoms with Crippen molar-refractivity contribution in [2.24, 2.45) is 0 Å². The minimum atomic E-state index is 0.0102. The van der Waals surface area contributed by atoms with Gasteiger partial charge in [0.15, 0.2) is 5.82 Å². The van der Waals surface area contributed by atoms with Crippen LogP contribution in [-0.2, 0) is 13.0 Å². The van der Waals surface area contributed by atoms with Gasteiger partial charge < -0.3 is 5.32 Å². The Morgan fingerprint density at radius 1 is 1.04 bits per heavy atom. The number of benzene rings is 2. The molecule has 2 aromatic carbocycles. The lowest BCUT2D eigenvalue weighted by Gasteiger charge is -2.22. The van der Waals surface area contributed by atoms with Crippen LogP contribution in [0.2, 0.25) is 0 Å². The molecule has 1 aliphatic heterocycles. The number of aromatic amines is 1. The molecule has 1 atom stereocenters. The predicted molar refractivity (Wildman–Crippen MR) is 106 cm³/mol. The first-order valence-electron chi connectivity index (χ1n) is 9.23. The van der Waals surface area contributed by atoms with E-state index in [1.807, 2.05) is 18.2 Å². The summed E-state index contributed by atoms with van der Waals surface area (Å²) in [5, 5.41) is 9.15. The van der Waals surface area contributed by atoms with E-state index in [1.54, 1.807) is 10.9 Å². The Kier molecular flexibility index (Phi) is 3.87. The summed E-state index contributed by atoms with van der Waals surface area (Å²) < 4.78 is 1.56. The van der Waals surface area contributed by atoms with Crippen LogP contribution in [-0.4, -0.2) is 21.3 Å². The monoisotopic (exact) mass is 356 g/mol. The Hall–Kier alpha value is -3.18. The van der Waals surface area contributed by atoms with Crippen molar-refractivity contribution in [2.75, 3.05) is 6.54 Å². The van der Waals surface area contributed by atoms with Crippen LogP contribution >= 0.6 is 0 Å². The third-order valence-electron chi connectivity index (χ3n) is 5.28. The third-order valence-corrected chi connectivity index (χ3v) is 5.28. The zero-order valence-corrected chi connectivity index (χ0v) is 14.9. The van der Waals surface area contributed by atoms with Gasteiger partial charge in [-0.2, -0.15) is 0 Å². The van der Waals surface area contributed by atoms with E-state index in [2.05, 4.69) is 57.9 Å². The van der Waals surface area contributed by atoms with E-state index in [9.17, 15) is 4.79 Å². The molecule has 134 valence electrons. The predicted octanol–water partition coefficient (Wildman–Crippen LogP) is 3.14. The molecule has 2 aromatic heterocycles. The second kappa shape index (κ2) is 6.52. The molecule has 0 fully saturated rings. The van der Waals surface area contributed by atoms with Crippen LogP contribution in [0.1, 0.15) is 22.7 Å². The molecule has 1 aliphatic rings. The molecule has 5 rings (SSSR count). The Bertz CT molecular complexity index is 1160. The highest BCUT2D eigenvalue weighted by Gasteiger charge is 2.27. The number of rotatable bonds is 3. The number of hydrogen-bond acceptors (Lipinski definition) is 3. The van der Waals surface area contributed by atoms with E-state index in [4.69, 9.17) is 0 Å². The van der Waals surface area contributed by atoms with Crippen molar-refractivity contribution >= 4 is 10.8 Å². The van der Waals surface area contributed by atoms with Gasteiger partial charge in [-0.05, 0) is 34.9 Å². The number of pyridine rings is 1. The van der Waals surface area contributed by atoms with Gasteiger partial charge in [0.2, 0.25) is 0 Å². The Balaban J connectivity index is 1.52. The normalized spacial score (nSPS) is 16.4. The minimum Gasteiger partial charge on any atom is -0.311 e. The first-order valence-corrected chi connectivity index (χ1v) is 9.23. The molecule has 0 aliphatic carbocycles. The van der Waals surface area contributed by atoms with Gasteiger partial charge in [-0.3, -0.25) is 9.89 Å². The fourth-order valence-electron chi connectivity index (χ4n) is 4.00. The smallest absolute Gasteiger partial charge is 0.276 e. The number of nitrogens with zero attached hydrogens (tertiary/aromatic N) is 2. The average Bonchev–Trinajstić information content (AvgIpc) is 3.06. The van der Waals surface area contributed by atoms with E-state index >= 15 is 0 Å². The molecule has 4 aromatic rings. The lowest BCUT2D eigenvalue weighted by atomic mass is 9.89. The van der Waals surface area contributed by atoms with Gasteiger partial charge >= 0.3 is 0 Å². The van der Waals surface area contributed by atoms with Crippen LogP contribution in [0.5, 0.6) is 0 Å². The summed E-state index contributed by atoms with van der Waals surface area (Å²) in [7, 11) is 0. The lowest BCUT2D eigenvalue weighted by Crippen LogP contribution is -2.32. The molecule has 5 nitrogen and oxygen atoms in total. The molecular weight excluding hydrogens is 336 g/mol. The quantitative estimate of drug-likeness (QED) is 0.593. The van der Waals surface area contributed by atoms with Gasteiger partial charge in [-0.1, -0.05) is 48.5 Å². The first kappa shape index (κ1) is 16.0. The molecule has 0 bridgehead atoms. The van der Waals surface area contributed by atoms with Crippen molar-refractivity contribution in [2.45, 2.75) is 18.9 Å². The fourth-order valence-corrected chi connectivity index (χ4v) is 4.00. The number of H-pyrrole nitrogens is 1. The maximum absolute atomic E-state index is 13.1. The highest BCUT2D eigenvalue weighted by molar-refractivity contribution is 5.83. The summed E-state index contributed by atoms with van der Waals surface area (Å²) in [5.41, 5.74) is 3.10. The molecule has 3 heterocycles. The summed E-state index contributed by atoms with van der Waals surface area (Å²) in [6, 6.07) is 20.5. The highest BCUT2D eigenvalue weighted by Crippen LogP contribution is 2.26. The van der Waals surface area contributed by atoms with Crippen LogP contribution in [0, 0.1) is 0 Å². The lowest BCUT2D eigenvalue weighted by molar-refractivity contribution is 0.532. The van der Waals surface area contributed by atoms with Crippen LogP contribution in [0.3, 0.4) is 0 Å². The molecule has 2 N–H and O–H groups in total. The standard InChI is InChI=1S/C22H20N4O/c27-22-21-18(12-15-8-9-16-5-1-2-6-17(16)11-15)13-23-14-19(21)25-26(22)20-7-3-4-10-24-20/h1-11,18,23,25H,12-14H2. The van der Waals surface area contributed by atoms with Gasteiger partial charge in [0.25, 0.3) is 5.56 Å². The summed E-state index contributed by atoms with van der Waals surface area (Å²) in [4.78, 5) is 17.4. The number of fused-ring (bicyclic) bond motifs is 2. The molecule has 0 spiro atoms. The summed E-state index contributed by atoms with van der Waals surface area (Å²) >= 11 is 0. The van der Waals surface area contributed by atoms with E-state index < -0.39 is 0 Å². The molecule has 0 saturated heterocycles. The van der Waals surface area contributed by atoms with E-state index in [1.165, 1.54) is 16.3 Å². The van der Waals surface area contributed by atoms with Crippen LogP contribution in [0.4, 0.5) is 0 Å². The SMILES string of the molecule is O=c1c2c([nH]n1-c1ccccn1)CNCC2Cc1ccc2ccccc2c1. The topological polar surface area (TPSA) is 62.7 Å². The van der Waals surface area contributed by atoms with Crippen molar-refractivity contribution in [3.63, 3.8) is 0 Å². The van der Waals surface area contributed by atoms with Crippen LogP contribution < -0.4 is 10.9 Å². The van der Waals surface area contributed by atoms with Gasteiger partial charge in [-0.15, -0.1) is 0 Å². The third kappa shape index (κ3) is 2.86. The molecule has 27 heavy (non-hydrogen) atoms. The van der Waals surface area contributed by atoms with Crippen LogP contribution in [0.25, 0.3) is 16.6 Å². The summed E-state index contributed by atoms with van der Waals surface area (Å²) in [6.07, 6.45) is 2.53. The summed E-state index contributed by atoms with van der Waals surface area (Å²) in [5.74, 6) is 0.768. The van der Waals surface area contributed by atoms with Gasteiger partial charge in [0.1, 0.15) is 0 Å². The van der Waals surface area contributed by atoms with Gasteiger partial charge in [0, 0.05) is 30.8 Å². The Labute approximate surface area is 156 Å². The number of nitrogens with one attached hydrogen (secondary N) is 2. The van der Waals surface area contributed by atoms with Gasteiger partial charge in [-0.25, -0.2) is 9.67 Å². The van der Waals surface area contributed by atoms with Crippen molar-refractivity contribution < 1.29 is 0 Å². The molecule has 0 radical (unpaired) electrons. The van der Waals surface area contributed by atoms with Crippen LogP contribution in [0.15, 0.2) is 71.7 Å². The number of hydrogen-bond donors (Lipinski definition) is 2. The highest BCUT2D eigenvalue weighted by atomic mass is 16.1. The Morgan fingerprint density at radius 2 is 1.89 bits per heavy atom. The van der Waals surface area contributed by atoms with E-state index in [0.29, 0.717) is 12.4 Å². The fraction of sp³-hybridized carbons (Fsp3) is 0.182. The van der Waals surface area contributed by atoms with Gasteiger partial charge in [0.05, 0.1) is 5.69 Å². The molecule has 1 unspecified atom stereocenters. The van der Waals surface area contributed by atoms with E-state index in [-0.39, 0.29) is 11.5 Å². The zero-order chi connectivity index (χ0) is 18.2. The molecule has 0 saturated carbocycles. The maximum atomic E-state index is 13.1. The second-order valence-corrected chi connectivity index (χ2v) is 7.05. The first-order chi connectivity index (χ1) is 13.3. The van der Waals surface area contributed by atoms with Crippen molar-refractivity contribution in [1.82, 2.24) is 20.1 Å². The molecule has 5 heteroatoms. The number of aromatic nitrogens is 3. The zero-order valence-electron chi connectivity index (χ0n) is 14.9. The average molecular weight is 356 g/mol.